The van der Waals surface area contributed by atoms with Gasteiger partial charge in [0.25, 0.3) is 0 Å². The quantitative estimate of drug-likeness (QED) is 0.315. The number of hydrogen-bond acceptors (Lipinski definition) is 3. The van der Waals surface area contributed by atoms with Crippen LogP contribution in [-0.2, 0) is 4.79 Å². The minimum Gasteiger partial charge on any atom is -0.478 e. The molecule has 0 aliphatic heterocycles. The van der Waals surface area contributed by atoms with Crippen LogP contribution in [0.5, 0.6) is 0 Å². The average molecular weight is 473 g/mol. The van der Waals surface area contributed by atoms with Crippen LogP contribution in [0.4, 0.5) is 0 Å². The molecule has 0 aromatic rings. The lowest BCUT2D eigenvalue weighted by Gasteiger charge is -2.63. The maximum absolute atomic E-state index is 11.7. The zero-order chi connectivity index (χ0) is 25.3. The van der Waals surface area contributed by atoms with E-state index < -0.39 is 12.1 Å². The standard InChI is InChI=1S/C30H48O4/c1-18(9-8-10-19(2)26(33)34)20-11-16-30(7)25-21(12-15-29(20,30)6)28(5)14-13-24(32)27(3,4)23(28)17-22(25)31/h10,18,20,22-24,31-32H,8-9,11-17H2,1-7H3,(H,33,34)/b19-10+/t18-,20-,22-,23+,24-,28-,29-,30+/m1/s1. The molecule has 0 aromatic carbocycles. The maximum atomic E-state index is 11.7. The SMILES string of the molecule is C/C(=C\CC[C@@H](C)[C@H]1CC[C@@]2(C)C3=C(CC[C@]12C)[C@@]1(C)CC[C@@H](O)C(C)(C)[C@@H]1C[C@H]3O)C(=O)O. The number of hydrogen-bond donors (Lipinski definition) is 3. The van der Waals surface area contributed by atoms with Crippen molar-refractivity contribution in [1.29, 1.82) is 0 Å². The van der Waals surface area contributed by atoms with Crippen LogP contribution in [0.1, 0.15) is 106 Å². The summed E-state index contributed by atoms with van der Waals surface area (Å²) in [6, 6.07) is 0. The summed E-state index contributed by atoms with van der Waals surface area (Å²) in [4.78, 5) is 11.2. The Balaban J connectivity index is 1.65. The monoisotopic (exact) mass is 472 g/mol. The van der Waals surface area contributed by atoms with E-state index >= 15 is 0 Å². The molecule has 4 nitrogen and oxygen atoms in total. The number of carboxylic acids is 1. The fourth-order valence-electron chi connectivity index (χ4n) is 9.44. The zero-order valence-electron chi connectivity index (χ0n) is 22.6. The highest BCUT2D eigenvalue weighted by Crippen LogP contribution is 2.72. The van der Waals surface area contributed by atoms with Crippen LogP contribution >= 0.6 is 0 Å². The fourth-order valence-corrected chi connectivity index (χ4v) is 9.44. The maximum Gasteiger partial charge on any atom is 0.330 e. The van der Waals surface area contributed by atoms with Gasteiger partial charge in [0.1, 0.15) is 0 Å². The number of carbonyl (C=O) groups is 1. The van der Waals surface area contributed by atoms with Crippen LogP contribution in [-0.4, -0.2) is 33.5 Å². The van der Waals surface area contributed by atoms with Gasteiger partial charge >= 0.3 is 5.97 Å². The number of rotatable bonds is 5. The van der Waals surface area contributed by atoms with Gasteiger partial charge in [-0.2, -0.15) is 0 Å². The zero-order valence-corrected chi connectivity index (χ0v) is 22.6. The van der Waals surface area contributed by atoms with Crippen LogP contribution in [0, 0.1) is 39.4 Å². The fraction of sp³-hybridized carbons (Fsp3) is 0.833. The first kappa shape index (κ1) is 25.9. The molecule has 0 heterocycles. The van der Waals surface area contributed by atoms with Gasteiger partial charge in [0.15, 0.2) is 0 Å². The Morgan fingerprint density at radius 3 is 2.41 bits per heavy atom. The van der Waals surface area contributed by atoms with Crippen molar-refractivity contribution in [3.63, 3.8) is 0 Å². The molecule has 4 heteroatoms. The molecule has 192 valence electrons. The summed E-state index contributed by atoms with van der Waals surface area (Å²) >= 11 is 0. The molecule has 34 heavy (non-hydrogen) atoms. The predicted molar refractivity (Wildman–Crippen MR) is 136 cm³/mol. The molecule has 0 amide bonds. The van der Waals surface area contributed by atoms with E-state index in [1.807, 2.05) is 6.08 Å². The molecular weight excluding hydrogens is 424 g/mol. The molecule has 0 aromatic heterocycles. The molecule has 0 unspecified atom stereocenters. The van der Waals surface area contributed by atoms with Crippen LogP contribution in [0.2, 0.25) is 0 Å². The molecule has 4 aliphatic carbocycles. The Labute approximate surface area is 206 Å². The first-order valence-electron chi connectivity index (χ1n) is 13.7. The number of aliphatic carboxylic acids is 1. The summed E-state index contributed by atoms with van der Waals surface area (Å²) in [5, 5.41) is 31.7. The smallest absolute Gasteiger partial charge is 0.330 e. The van der Waals surface area contributed by atoms with Crippen molar-refractivity contribution in [1.82, 2.24) is 0 Å². The van der Waals surface area contributed by atoms with E-state index in [1.165, 1.54) is 24.0 Å². The summed E-state index contributed by atoms with van der Waals surface area (Å²) in [6.07, 6.45) is 10.2. The average Bonchev–Trinajstić information content (AvgIpc) is 3.04. The normalized spacial score (nSPS) is 44.8. The van der Waals surface area contributed by atoms with Crippen molar-refractivity contribution < 1.29 is 20.1 Å². The summed E-state index contributed by atoms with van der Waals surface area (Å²) in [6.45, 7) is 15.8. The van der Waals surface area contributed by atoms with Crippen molar-refractivity contribution in [2.75, 3.05) is 0 Å². The molecule has 8 atom stereocenters. The lowest BCUT2D eigenvalue weighted by molar-refractivity contribution is -0.132. The van der Waals surface area contributed by atoms with E-state index in [4.69, 9.17) is 5.11 Å². The van der Waals surface area contributed by atoms with Gasteiger partial charge in [-0.15, -0.1) is 0 Å². The van der Waals surface area contributed by atoms with Crippen molar-refractivity contribution in [2.45, 2.75) is 118 Å². The molecule has 2 fully saturated rings. The van der Waals surface area contributed by atoms with Crippen molar-refractivity contribution in [2.24, 2.45) is 39.4 Å². The first-order chi connectivity index (χ1) is 15.7. The highest BCUT2D eigenvalue weighted by molar-refractivity contribution is 5.85. The summed E-state index contributed by atoms with van der Waals surface area (Å²) in [7, 11) is 0. The molecule has 0 spiro atoms. The van der Waals surface area contributed by atoms with E-state index in [9.17, 15) is 15.0 Å². The molecular formula is C30H48O4. The second-order valence-electron chi connectivity index (χ2n) is 13.6. The summed E-state index contributed by atoms with van der Waals surface area (Å²) in [5.74, 6) is 0.606. The summed E-state index contributed by atoms with van der Waals surface area (Å²) < 4.78 is 0. The van der Waals surface area contributed by atoms with E-state index in [0.717, 1.165) is 44.9 Å². The molecule has 0 saturated heterocycles. The van der Waals surface area contributed by atoms with Crippen LogP contribution < -0.4 is 0 Å². The summed E-state index contributed by atoms with van der Waals surface area (Å²) in [5.41, 5.74) is 3.40. The number of aliphatic hydroxyl groups excluding tert-OH is 2. The molecule has 0 bridgehead atoms. The largest absolute Gasteiger partial charge is 0.478 e. The Kier molecular flexibility index (Phi) is 6.47. The minimum absolute atomic E-state index is 0.0138. The van der Waals surface area contributed by atoms with Crippen molar-refractivity contribution >= 4 is 5.97 Å². The van der Waals surface area contributed by atoms with Gasteiger partial charge < -0.3 is 15.3 Å². The predicted octanol–water partition coefficient (Wildman–Crippen LogP) is 6.51. The molecule has 0 radical (unpaired) electrons. The van der Waals surface area contributed by atoms with Gasteiger partial charge in [-0.25, -0.2) is 4.79 Å². The van der Waals surface area contributed by atoms with E-state index in [1.54, 1.807) is 6.92 Å². The lowest BCUT2D eigenvalue weighted by Crippen LogP contribution is -2.57. The van der Waals surface area contributed by atoms with Crippen LogP contribution in [0.15, 0.2) is 22.8 Å². The second-order valence-corrected chi connectivity index (χ2v) is 13.6. The van der Waals surface area contributed by atoms with Crippen LogP contribution in [0.3, 0.4) is 0 Å². The van der Waals surface area contributed by atoms with Gasteiger partial charge in [-0.05, 0) is 110 Å². The molecule has 3 N–H and O–H groups in total. The van der Waals surface area contributed by atoms with Gasteiger partial charge in [0.05, 0.1) is 12.2 Å². The third kappa shape index (κ3) is 3.57. The third-order valence-corrected chi connectivity index (χ3v) is 11.9. The molecule has 4 aliphatic rings. The molecule has 2 saturated carbocycles. The van der Waals surface area contributed by atoms with E-state index in [0.29, 0.717) is 23.3 Å². The van der Waals surface area contributed by atoms with Gasteiger partial charge in [-0.1, -0.05) is 53.2 Å². The van der Waals surface area contributed by atoms with Crippen LogP contribution in [0.25, 0.3) is 0 Å². The van der Waals surface area contributed by atoms with Gasteiger partial charge in [0, 0.05) is 5.57 Å². The minimum atomic E-state index is -0.823. The lowest BCUT2D eigenvalue weighted by atomic mass is 9.42. The van der Waals surface area contributed by atoms with Crippen molar-refractivity contribution in [3.05, 3.63) is 22.8 Å². The van der Waals surface area contributed by atoms with Gasteiger partial charge in [-0.3, -0.25) is 0 Å². The topological polar surface area (TPSA) is 77.8 Å². The highest BCUT2D eigenvalue weighted by atomic mass is 16.4. The highest BCUT2D eigenvalue weighted by Gasteiger charge is 2.65. The van der Waals surface area contributed by atoms with E-state index in [-0.39, 0.29) is 27.8 Å². The Bertz CT molecular complexity index is 899. The van der Waals surface area contributed by atoms with Gasteiger partial charge in [0.2, 0.25) is 0 Å². The number of carboxylic acid groups (broad SMARTS) is 1. The molecule has 4 rings (SSSR count). The Hall–Kier alpha value is -1.13. The third-order valence-electron chi connectivity index (χ3n) is 11.9. The Morgan fingerprint density at radius 2 is 1.76 bits per heavy atom. The first-order valence-corrected chi connectivity index (χ1v) is 13.7. The van der Waals surface area contributed by atoms with Crippen molar-refractivity contribution in [3.8, 4) is 0 Å². The number of fused-ring (bicyclic) bond motifs is 4. The number of aliphatic hydroxyl groups is 2. The van der Waals surface area contributed by atoms with E-state index in [2.05, 4.69) is 41.5 Å². The second kappa shape index (κ2) is 8.47. The number of allylic oxidation sites excluding steroid dienone is 2. The Morgan fingerprint density at radius 1 is 1.09 bits per heavy atom.